The molecule has 0 radical (unpaired) electrons. The van der Waals surface area contributed by atoms with Crippen molar-refractivity contribution in [2.75, 3.05) is 6.61 Å². The van der Waals surface area contributed by atoms with Gasteiger partial charge in [-0.25, -0.2) is 13.7 Å². The lowest BCUT2D eigenvalue weighted by atomic mass is 10.0. The van der Waals surface area contributed by atoms with Gasteiger partial charge >= 0.3 is 23.5 Å². The van der Waals surface area contributed by atoms with Crippen LogP contribution in [-0.2, 0) is 27.1 Å². The first-order valence-electron chi connectivity index (χ1n) is 9.90. The third kappa shape index (κ3) is 8.15. The van der Waals surface area contributed by atoms with Gasteiger partial charge in [0.25, 0.3) is 5.56 Å². The summed E-state index contributed by atoms with van der Waals surface area (Å²) >= 11 is 0. The number of phosphoric acid groups is 3. The Balaban J connectivity index is 1.78. The van der Waals surface area contributed by atoms with Crippen LogP contribution < -0.4 is 10.1 Å². The number of ether oxygens (including phenoxy) is 1. The number of nitrogens with one attached hydrogen (secondary N) is 1. The molecule has 37 heavy (non-hydrogen) atoms. The van der Waals surface area contributed by atoms with Crippen LogP contribution in [0.1, 0.15) is 22.8 Å². The molecule has 16 nitrogen and oxygen atoms in total. The van der Waals surface area contributed by atoms with Crippen molar-refractivity contribution >= 4 is 23.5 Å². The van der Waals surface area contributed by atoms with Crippen LogP contribution in [0.4, 0.5) is 0 Å². The van der Waals surface area contributed by atoms with Gasteiger partial charge in [-0.1, -0.05) is 17.9 Å². The Morgan fingerprint density at radius 1 is 0.946 bits per heavy atom. The molecule has 2 heterocycles. The van der Waals surface area contributed by atoms with Crippen molar-refractivity contribution in [2.24, 2.45) is 0 Å². The van der Waals surface area contributed by atoms with Gasteiger partial charge < -0.3 is 44.2 Å². The van der Waals surface area contributed by atoms with E-state index >= 15 is 0 Å². The summed E-state index contributed by atoms with van der Waals surface area (Å²) < 4.78 is 51.4. The number of hydrogen-bond acceptors (Lipinski definition) is 11. The summed E-state index contributed by atoms with van der Waals surface area (Å²) in [5.74, 6) is 4.95. The zero-order valence-electron chi connectivity index (χ0n) is 18.2. The number of aliphatic hydroxyl groups excluding tert-OH is 3. The molecule has 1 saturated heterocycles. The normalized spacial score (nSPS) is 24.9. The van der Waals surface area contributed by atoms with E-state index in [2.05, 4.69) is 30.0 Å². The molecule has 0 spiro atoms. The quantitative estimate of drug-likeness (QED) is 0.146. The van der Waals surface area contributed by atoms with Gasteiger partial charge in [0.2, 0.25) is 0 Å². The molecule has 2 aromatic rings. The molecule has 8 N–H and O–H groups in total. The maximum atomic E-state index is 12.2. The van der Waals surface area contributed by atoms with Crippen LogP contribution in [-0.4, -0.2) is 64.8 Å². The molecule has 19 heteroatoms. The monoisotopic (exact) mass is 583 g/mol. The van der Waals surface area contributed by atoms with Crippen LogP contribution in [0.15, 0.2) is 41.3 Å². The molecule has 6 atom stereocenters. The van der Waals surface area contributed by atoms with E-state index in [0.29, 0.717) is 0 Å². The van der Waals surface area contributed by atoms with Gasteiger partial charge in [0.05, 0.1) is 6.61 Å². The highest BCUT2D eigenvalue weighted by Gasteiger charge is 2.44. The van der Waals surface area contributed by atoms with Crippen LogP contribution in [0, 0.1) is 11.8 Å². The Labute approximate surface area is 207 Å². The maximum Gasteiger partial charge on any atom is 0.536 e. The average Bonchev–Trinajstić information content (AvgIpc) is 3.04. The summed E-state index contributed by atoms with van der Waals surface area (Å²) in [6.07, 6.45) is -3.97. The Morgan fingerprint density at radius 3 is 2.24 bits per heavy atom. The van der Waals surface area contributed by atoms with E-state index in [9.17, 15) is 43.6 Å². The van der Waals surface area contributed by atoms with Crippen molar-refractivity contribution in [3.05, 3.63) is 63.6 Å². The van der Waals surface area contributed by atoms with Crippen LogP contribution in [0.3, 0.4) is 0 Å². The van der Waals surface area contributed by atoms with E-state index in [1.165, 1.54) is 24.4 Å². The van der Waals surface area contributed by atoms with Gasteiger partial charge in [-0.2, -0.15) is 8.62 Å². The van der Waals surface area contributed by atoms with Gasteiger partial charge in [0.15, 0.2) is 0 Å². The van der Waals surface area contributed by atoms with Crippen molar-refractivity contribution in [2.45, 2.75) is 24.4 Å². The number of phosphoric ester groups is 1. The number of aromatic nitrogens is 1. The molecule has 1 fully saturated rings. The fourth-order valence-electron chi connectivity index (χ4n) is 3.15. The number of hydrogen-bond donors (Lipinski definition) is 8. The summed E-state index contributed by atoms with van der Waals surface area (Å²) in [5, 5.41) is 29.3. The highest BCUT2D eigenvalue weighted by molar-refractivity contribution is 7.66. The third-order valence-electron chi connectivity index (χ3n) is 4.60. The SMILES string of the molecule is O=c1[nH]cc(C#Cc2cccc(OP(=O)(O)OP(=O)(O)OP(=O)(O)O)c2)cc1[C@@H]1O[C@H](CO)[C@@H](O)[C@H]1O. The minimum absolute atomic E-state index is 0.0595. The fraction of sp³-hybridized carbons (Fsp3) is 0.278. The summed E-state index contributed by atoms with van der Waals surface area (Å²) in [6.45, 7) is -0.580. The molecule has 2 unspecified atom stereocenters. The fourth-order valence-corrected chi connectivity index (χ4v) is 6.17. The summed E-state index contributed by atoms with van der Waals surface area (Å²) in [6, 6.07) is 6.31. The van der Waals surface area contributed by atoms with E-state index in [4.69, 9.17) is 14.5 Å². The number of rotatable bonds is 8. The summed E-state index contributed by atoms with van der Waals surface area (Å²) in [7, 11) is -16.6. The van der Waals surface area contributed by atoms with E-state index in [-0.39, 0.29) is 22.4 Å². The highest BCUT2D eigenvalue weighted by atomic mass is 31.3. The van der Waals surface area contributed by atoms with Crippen molar-refractivity contribution in [3.8, 4) is 17.6 Å². The van der Waals surface area contributed by atoms with E-state index < -0.39 is 60.1 Å². The largest absolute Gasteiger partial charge is 0.536 e. The summed E-state index contributed by atoms with van der Waals surface area (Å²) in [5.41, 5.74) is -0.281. The number of H-pyrrole nitrogens is 1. The Kier molecular flexibility index (Phi) is 8.96. The molecule has 0 aliphatic carbocycles. The van der Waals surface area contributed by atoms with Crippen LogP contribution in [0.25, 0.3) is 0 Å². The first kappa shape index (κ1) is 29.4. The van der Waals surface area contributed by atoms with E-state index in [1.807, 2.05) is 0 Å². The van der Waals surface area contributed by atoms with Crippen molar-refractivity contribution in [1.29, 1.82) is 0 Å². The van der Waals surface area contributed by atoms with Crippen molar-refractivity contribution < 1.29 is 66.5 Å². The highest BCUT2D eigenvalue weighted by Crippen LogP contribution is 2.66. The van der Waals surface area contributed by atoms with E-state index in [1.54, 1.807) is 0 Å². The predicted molar refractivity (Wildman–Crippen MR) is 121 cm³/mol. The minimum Gasteiger partial charge on any atom is -0.404 e. The molecule has 1 aliphatic rings. The molecule has 0 amide bonds. The van der Waals surface area contributed by atoms with E-state index in [0.717, 1.165) is 12.1 Å². The second-order valence-electron chi connectivity index (χ2n) is 7.39. The second kappa shape index (κ2) is 11.3. The average molecular weight is 583 g/mol. The predicted octanol–water partition coefficient (Wildman–Crippen LogP) is -0.366. The van der Waals surface area contributed by atoms with Crippen molar-refractivity contribution in [3.63, 3.8) is 0 Å². The Bertz CT molecular complexity index is 1410. The molecular formula is C18H20NO15P3. The van der Waals surface area contributed by atoms with Gasteiger partial charge in [0, 0.05) is 22.9 Å². The van der Waals surface area contributed by atoms with Crippen molar-refractivity contribution in [1.82, 2.24) is 4.98 Å². The number of aliphatic hydroxyl groups is 3. The zero-order chi connectivity index (χ0) is 27.6. The maximum absolute atomic E-state index is 12.2. The lowest BCUT2D eigenvalue weighted by molar-refractivity contribution is -0.0231. The zero-order valence-corrected chi connectivity index (χ0v) is 20.9. The minimum atomic E-state index is -5.69. The molecule has 0 saturated carbocycles. The molecule has 202 valence electrons. The molecular weight excluding hydrogens is 563 g/mol. The second-order valence-corrected chi connectivity index (χ2v) is 11.7. The lowest BCUT2D eigenvalue weighted by Crippen LogP contribution is -2.33. The molecule has 1 aliphatic heterocycles. The van der Waals surface area contributed by atoms with Gasteiger partial charge in [-0.3, -0.25) is 9.69 Å². The number of aromatic amines is 1. The standard InChI is InChI=1S/C18H20NO15P3/c20-9-14-15(21)16(22)17(31-14)13-7-11(8-19-18(13)23)5-4-10-2-1-3-12(6-10)32-36(27,28)34-37(29,30)33-35(24,25)26/h1-3,6-8,14-17,20-22H,9H2,(H,19,23)(H,27,28)(H,29,30)(H2,24,25,26)/t14-,15-,16-,17+/m1/s1. The molecule has 0 bridgehead atoms. The topological polar surface area (TPSA) is 263 Å². The molecule has 1 aromatic heterocycles. The van der Waals surface area contributed by atoms with Crippen LogP contribution >= 0.6 is 23.5 Å². The van der Waals surface area contributed by atoms with Crippen LogP contribution in [0.2, 0.25) is 0 Å². The van der Waals surface area contributed by atoms with Gasteiger partial charge in [-0.15, -0.1) is 0 Å². The molecule has 3 rings (SSSR count). The van der Waals surface area contributed by atoms with Gasteiger partial charge in [0.1, 0.15) is 30.2 Å². The third-order valence-corrected chi connectivity index (χ3v) is 8.37. The van der Waals surface area contributed by atoms with Gasteiger partial charge in [-0.05, 0) is 24.3 Å². The summed E-state index contributed by atoms with van der Waals surface area (Å²) in [4.78, 5) is 50.6. The first-order chi connectivity index (χ1) is 17.1. The number of benzene rings is 1. The molecule has 1 aromatic carbocycles. The Morgan fingerprint density at radius 2 is 1.62 bits per heavy atom. The van der Waals surface area contributed by atoms with Crippen LogP contribution in [0.5, 0.6) is 5.75 Å². The lowest BCUT2D eigenvalue weighted by Gasteiger charge is -2.16. The Hall–Kier alpha value is -2.18. The first-order valence-corrected chi connectivity index (χ1v) is 14.4. The smallest absolute Gasteiger partial charge is 0.404 e. The number of pyridine rings is 1.